The van der Waals surface area contributed by atoms with Crippen LogP contribution in [-0.2, 0) is 66.7 Å². The fraction of sp³-hybridized carbons (Fsp3) is 0.820. The third-order valence-corrected chi connectivity index (χ3v) is 16.0. The molecule has 0 spiro atoms. The number of carbonyl (C=O) groups excluding carboxylic acids is 9. The first-order valence-corrected chi connectivity index (χ1v) is 29.4. The number of carbonyl (C=O) groups is 9. The number of nitrogens with two attached hydrogens (primary N) is 2. The molecule has 4 atom stereocenters. The molecule has 1 aliphatic carbocycles. The van der Waals surface area contributed by atoms with E-state index in [1.54, 1.807) is 0 Å². The van der Waals surface area contributed by atoms with E-state index in [4.69, 9.17) is 30.4 Å². The molecule has 11 N–H and O–H groups in total. The van der Waals surface area contributed by atoms with Crippen molar-refractivity contribution in [3.63, 3.8) is 0 Å². The highest BCUT2D eigenvalue weighted by atomic mass is 32.2. The predicted octanol–water partition coefficient (Wildman–Crippen LogP) is 0.914. The molecule has 26 heteroatoms. The maximum atomic E-state index is 13.2. The van der Waals surface area contributed by atoms with Crippen molar-refractivity contribution in [2.45, 2.75) is 158 Å². The van der Waals surface area contributed by atoms with Gasteiger partial charge in [-0.05, 0) is 96.9 Å². The zero-order chi connectivity index (χ0) is 56.4. The van der Waals surface area contributed by atoms with E-state index in [1.165, 1.54) is 4.90 Å². The van der Waals surface area contributed by atoms with E-state index < -0.39 is 48.0 Å². The Kier molecular flexibility index (Phi) is 34.9. The van der Waals surface area contributed by atoms with Crippen LogP contribution in [0.5, 0.6) is 0 Å². The molecule has 0 aromatic heterocycles. The van der Waals surface area contributed by atoms with Crippen LogP contribution < -0.4 is 32.7 Å². The second kappa shape index (κ2) is 38.8. The summed E-state index contributed by atoms with van der Waals surface area (Å²) in [6.45, 7) is 5.86. The fourth-order valence-corrected chi connectivity index (χ4v) is 9.91. The summed E-state index contributed by atoms with van der Waals surface area (Å²) in [6, 6.07) is -1.92. The van der Waals surface area contributed by atoms with Gasteiger partial charge in [0.2, 0.25) is 35.4 Å². The minimum atomic E-state index is -4.67. The van der Waals surface area contributed by atoms with Crippen LogP contribution in [0.15, 0.2) is 0 Å². The van der Waals surface area contributed by atoms with Gasteiger partial charge in [-0.25, -0.2) is 0 Å². The second-order valence-corrected chi connectivity index (χ2v) is 22.9. The zero-order valence-corrected chi connectivity index (χ0v) is 46.4. The standard InChI is InChI=1S/C50H88N7O17PS/c1-50(67,75(68,69)70)21-5-3-12-42(60)37-15-13-36(14-16-37)34-57-46(63)33-43(49(57)66)76-35-40(51)48(65)55-22-6-4-11-41(47(52)64)56-45(62)20-18-39(59)10-8-26-72-30-32-74-28-24-54-44(61)19-17-38(58)9-7-25-71-29-31-73-27-23-53-2/h36-37,40-41,43,53,67H,3-35,51H2,1-2H3,(H2,52,64)(H,54,61)(H,55,65)(H,56,62)(H2,68,69,70)/t36?,37?,40-,41+,43?,50?/m1/s1. The molecule has 6 amide bonds. The summed E-state index contributed by atoms with van der Waals surface area (Å²) in [7, 11) is -2.82. The molecule has 1 aliphatic heterocycles. The van der Waals surface area contributed by atoms with Gasteiger partial charge < -0.3 is 66.6 Å². The van der Waals surface area contributed by atoms with Crippen LogP contribution in [0.25, 0.3) is 0 Å². The number of aliphatic hydroxyl groups is 1. The Labute approximate surface area is 451 Å². The zero-order valence-electron chi connectivity index (χ0n) is 44.7. The molecule has 0 bridgehead atoms. The van der Waals surface area contributed by atoms with E-state index in [1.807, 2.05) is 7.05 Å². The van der Waals surface area contributed by atoms with E-state index in [9.17, 15) is 62.6 Å². The average Bonchev–Trinajstić information content (AvgIpc) is 3.64. The summed E-state index contributed by atoms with van der Waals surface area (Å²) in [5, 5.41) is 18.2. The first-order chi connectivity index (χ1) is 36.1. The predicted molar refractivity (Wildman–Crippen MR) is 282 cm³/mol. The number of unbranched alkanes of at least 4 members (excludes halogenated alkanes) is 2. The molecule has 1 heterocycles. The van der Waals surface area contributed by atoms with Gasteiger partial charge in [0.1, 0.15) is 23.4 Å². The Hall–Kier alpha value is -3.75. The number of nitrogens with one attached hydrogen (secondary N) is 4. The van der Waals surface area contributed by atoms with Crippen molar-refractivity contribution in [1.29, 1.82) is 0 Å². The summed E-state index contributed by atoms with van der Waals surface area (Å²) in [4.78, 5) is 132. The van der Waals surface area contributed by atoms with Crippen molar-refractivity contribution in [2.75, 3.05) is 91.8 Å². The Balaban J connectivity index is 1.48. The molecule has 0 aromatic carbocycles. The number of nitrogens with zero attached hydrogens (tertiary/aromatic N) is 1. The molecule has 24 nitrogen and oxygen atoms in total. The second-order valence-electron chi connectivity index (χ2n) is 19.6. The molecule has 0 aromatic rings. The lowest BCUT2D eigenvalue weighted by Crippen LogP contribution is -2.45. The molecular weight excluding hydrogens is 1030 g/mol. The number of rotatable bonds is 46. The van der Waals surface area contributed by atoms with Gasteiger partial charge in [-0.15, -0.1) is 11.8 Å². The summed E-state index contributed by atoms with van der Waals surface area (Å²) >= 11 is 1.15. The van der Waals surface area contributed by atoms with Crippen LogP contribution in [0.4, 0.5) is 0 Å². The normalized spacial score (nSPS) is 18.4. The number of likely N-dealkylation sites (N-methyl/N-ethyl adjacent to an activating group) is 1. The SMILES string of the molecule is CNCCOCCOCCCC(=O)CCC(=O)NCCOCCOCCCC(=O)CCC(=O)N[C@@H](CCCCNC(=O)[C@H](N)CSC1CC(=O)N(CC2CCC(C(=O)CCCCC(C)(O)P(=O)(O)O)CC2)C1=O)C(N)=O. The first-order valence-electron chi connectivity index (χ1n) is 26.8. The molecule has 2 aliphatic rings. The monoisotopic (exact) mass is 1120 g/mol. The Morgan fingerprint density at radius 2 is 1.30 bits per heavy atom. The fourth-order valence-electron chi connectivity index (χ4n) is 8.34. The van der Waals surface area contributed by atoms with Crippen molar-refractivity contribution < 1.29 is 81.6 Å². The molecule has 2 rings (SSSR count). The summed E-state index contributed by atoms with van der Waals surface area (Å²) in [5.74, 6) is -2.61. The van der Waals surface area contributed by atoms with E-state index in [2.05, 4.69) is 21.3 Å². The topological polar surface area (TPSA) is 372 Å². The largest absolute Gasteiger partial charge is 0.379 e. The number of likely N-dealkylation sites (tertiary alicyclic amines) is 1. The number of imide groups is 1. The maximum absolute atomic E-state index is 13.2. The van der Waals surface area contributed by atoms with E-state index in [0.717, 1.165) is 25.2 Å². The van der Waals surface area contributed by atoms with Gasteiger partial charge in [0, 0.05) is 102 Å². The number of primary amides is 1. The summed E-state index contributed by atoms with van der Waals surface area (Å²) in [5.41, 5.74) is 11.6. The molecule has 2 fully saturated rings. The number of Topliss-reactive ketones (excluding diaryl/α,β-unsaturated/α-hetero) is 3. The third kappa shape index (κ3) is 29.8. The first kappa shape index (κ1) is 68.4. The van der Waals surface area contributed by atoms with Gasteiger partial charge in [0.25, 0.3) is 0 Å². The average molecular weight is 1120 g/mol. The molecule has 436 valence electrons. The lowest BCUT2D eigenvalue weighted by Gasteiger charge is -2.30. The van der Waals surface area contributed by atoms with Gasteiger partial charge in [0.05, 0.1) is 50.9 Å². The number of thioether (sulfide) groups is 1. The van der Waals surface area contributed by atoms with Crippen molar-refractivity contribution in [2.24, 2.45) is 23.3 Å². The van der Waals surface area contributed by atoms with E-state index in [0.29, 0.717) is 123 Å². The van der Waals surface area contributed by atoms with Crippen molar-refractivity contribution in [3.8, 4) is 0 Å². The summed E-state index contributed by atoms with van der Waals surface area (Å²) in [6.07, 6.45) is 6.21. The number of amides is 6. The Morgan fingerprint density at radius 1 is 0.724 bits per heavy atom. The Bertz CT molecular complexity index is 1870. The van der Waals surface area contributed by atoms with Gasteiger partial charge in [-0.2, -0.15) is 0 Å². The smallest absolute Gasteiger partial charge is 0.356 e. The molecule has 1 saturated heterocycles. The van der Waals surface area contributed by atoms with Crippen LogP contribution in [0, 0.1) is 11.8 Å². The molecule has 1 saturated carbocycles. The number of hydrogen-bond donors (Lipinski definition) is 9. The quantitative estimate of drug-likeness (QED) is 0.0232. The molecular formula is C50H88N7O17PS. The van der Waals surface area contributed by atoms with Gasteiger partial charge in [-0.3, -0.25) is 52.6 Å². The number of hydrogen-bond acceptors (Lipinski definition) is 18. The van der Waals surface area contributed by atoms with Crippen LogP contribution in [0.2, 0.25) is 0 Å². The molecule has 76 heavy (non-hydrogen) atoms. The van der Waals surface area contributed by atoms with Crippen LogP contribution in [0.3, 0.4) is 0 Å². The highest BCUT2D eigenvalue weighted by molar-refractivity contribution is 8.00. The third-order valence-electron chi connectivity index (χ3n) is 13.2. The maximum Gasteiger partial charge on any atom is 0.356 e. The lowest BCUT2D eigenvalue weighted by atomic mass is 9.79. The minimum absolute atomic E-state index is 0.00330. The van der Waals surface area contributed by atoms with E-state index in [-0.39, 0.29) is 130 Å². The van der Waals surface area contributed by atoms with Crippen molar-refractivity contribution >= 4 is 72.2 Å². The van der Waals surface area contributed by atoms with E-state index >= 15 is 0 Å². The number of ether oxygens (including phenoxy) is 4. The van der Waals surface area contributed by atoms with Gasteiger partial charge >= 0.3 is 7.60 Å². The highest BCUT2D eigenvalue weighted by Crippen LogP contribution is 2.51. The van der Waals surface area contributed by atoms with Crippen LogP contribution in [0.1, 0.15) is 135 Å². The minimum Gasteiger partial charge on any atom is -0.379 e. The van der Waals surface area contributed by atoms with Crippen LogP contribution >= 0.6 is 19.4 Å². The lowest BCUT2D eigenvalue weighted by molar-refractivity contribution is -0.139. The van der Waals surface area contributed by atoms with Crippen molar-refractivity contribution in [3.05, 3.63) is 0 Å². The highest BCUT2D eigenvalue weighted by Gasteiger charge is 2.42. The molecule has 2 unspecified atom stereocenters. The van der Waals surface area contributed by atoms with Gasteiger partial charge in [-0.1, -0.05) is 0 Å². The van der Waals surface area contributed by atoms with Gasteiger partial charge in [0.15, 0.2) is 5.34 Å². The van der Waals surface area contributed by atoms with Crippen molar-refractivity contribution in [1.82, 2.24) is 26.2 Å². The molecule has 0 radical (unpaired) electrons. The summed E-state index contributed by atoms with van der Waals surface area (Å²) < 4.78 is 33.1. The number of ketones is 3. The van der Waals surface area contributed by atoms with Crippen LogP contribution in [-0.4, -0.2) is 187 Å². The Morgan fingerprint density at radius 3 is 1.88 bits per heavy atom.